The van der Waals surface area contributed by atoms with Gasteiger partial charge in [-0.05, 0) is 18.6 Å². The van der Waals surface area contributed by atoms with Gasteiger partial charge in [0.25, 0.3) is 0 Å². The van der Waals surface area contributed by atoms with Crippen LogP contribution in [0.1, 0.15) is 5.56 Å². The molecular formula is C15H14O3. The number of carbonyl (C=O) groups excluding carboxylic acids is 1. The molecule has 2 rings (SSSR count). The number of aryl methyl sites for hydroxylation is 1. The molecule has 18 heavy (non-hydrogen) atoms. The second-order valence-electron chi connectivity index (χ2n) is 3.90. The highest BCUT2D eigenvalue weighted by atomic mass is 16.5. The Morgan fingerprint density at radius 3 is 2.56 bits per heavy atom. The summed E-state index contributed by atoms with van der Waals surface area (Å²) < 4.78 is 10.6. The standard InChI is InChI=1S/C15H14O3/c1-4-14(16)18-15-10(2)9-13(17-3)11-7-5-6-8-12(11)15/h4-9H,1H2,2-3H3. The molecular weight excluding hydrogens is 228 g/mol. The molecule has 0 aliphatic carbocycles. The molecule has 0 aliphatic rings. The minimum absolute atomic E-state index is 0.464. The molecule has 0 unspecified atom stereocenters. The summed E-state index contributed by atoms with van der Waals surface area (Å²) >= 11 is 0. The first-order valence-corrected chi connectivity index (χ1v) is 5.58. The third kappa shape index (κ3) is 2.07. The Hall–Kier alpha value is -2.29. The molecule has 0 atom stereocenters. The first-order valence-electron chi connectivity index (χ1n) is 5.58. The largest absolute Gasteiger partial charge is 0.496 e. The molecule has 0 heterocycles. The molecule has 3 heteroatoms. The molecule has 0 saturated carbocycles. The summed E-state index contributed by atoms with van der Waals surface area (Å²) in [5, 5.41) is 1.77. The van der Waals surface area contributed by atoms with Gasteiger partial charge in [-0.25, -0.2) is 4.79 Å². The lowest BCUT2D eigenvalue weighted by atomic mass is 10.0. The minimum Gasteiger partial charge on any atom is -0.496 e. The van der Waals surface area contributed by atoms with Gasteiger partial charge in [0.05, 0.1) is 7.11 Å². The molecule has 92 valence electrons. The normalized spacial score (nSPS) is 10.1. The van der Waals surface area contributed by atoms with Crippen LogP contribution < -0.4 is 9.47 Å². The number of benzene rings is 2. The van der Waals surface area contributed by atoms with Crippen molar-refractivity contribution < 1.29 is 14.3 Å². The molecule has 2 aromatic carbocycles. The number of fused-ring (bicyclic) bond motifs is 1. The first kappa shape index (κ1) is 12.2. The third-order valence-electron chi connectivity index (χ3n) is 2.73. The van der Waals surface area contributed by atoms with Gasteiger partial charge in [-0.15, -0.1) is 0 Å². The smallest absolute Gasteiger partial charge is 0.335 e. The predicted molar refractivity (Wildman–Crippen MR) is 71.1 cm³/mol. The summed E-state index contributed by atoms with van der Waals surface area (Å²) in [4.78, 5) is 11.4. The Kier molecular flexibility index (Phi) is 3.33. The van der Waals surface area contributed by atoms with Crippen LogP contribution in [-0.2, 0) is 4.79 Å². The van der Waals surface area contributed by atoms with E-state index in [1.165, 1.54) is 0 Å². The molecule has 0 amide bonds. The lowest BCUT2D eigenvalue weighted by Gasteiger charge is -2.12. The minimum atomic E-state index is -0.464. The Balaban J connectivity index is 2.69. The molecule has 0 N–H and O–H groups in total. The molecule has 0 fully saturated rings. The van der Waals surface area contributed by atoms with Crippen LogP contribution in [0.4, 0.5) is 0 Å². The van der Waals surface area contributed by atoms with Gasteiger partial charge in [-0.1, -0.05) is 30.8 Å². The van der Waals surface area contributed by atoms with Gasteiger partial charge in [-0.2, -0.15) is 0 Å². The molecule has 3 nitrogen and oxygen atoms in total. The number of rotatable bonds is 3. The Bertz CT molecular complexity index is 614. The lowest BCUT2D eigenvalue weighted by molar-refractivity contribution is -0.128. The van der Waals surface area contributed by atoms with Gasteiger partial charge in [0.15, 0.2) is 0 Å². The molecule has 0 saturated heterocycles. The zero-order chi connectivity index (χ0) is 13.1. The van der Waals surface area contributed by atoms with Crippen LogP contribution in [0.3, 0.4) is 0 Å². The maximum atomic E-state index is 11.4. The van der Waals surface area contributed by atoms with Crippen LogP contribution in [0, 0.1) is 6.92 Å². The zero-order valence-corrected chi connectivity index (χ0v) is 10.4. The van der Waals surface area contributed by atoms with E-state index in [1.54, 1.807) is 7.11 Å². The summed E-state index contributed by atoms with van der Waals surface area (Å²) in [5.74, 6) is 0.853. The van der Waals surface area contributed by atoms with Gasteiger partial charge in [-0.3, -0.25) is 0 Å². The van der Waals surface area contributed by atoms with Crippen molar-refractivity contribution in [3.05, 3.63) is 48.6 Å². The van der Waals surface area contributed by atoms with Crippen LogP contribution in [0.2, 0.25) is 0 Å². The van der Waals surface area contributed by atoms with Crippen LogP contribution in [-0.4, -0.2) is 13.1 Å². The van der Waals surface area contributed by atoms with E-state index in [4.69, 9.17) is 9.47 Å². The van der Waals surface area contributed by atoms with E-state index in [0.717, 1.165) is 28.2 Å². The number of hydrogen-bond acceptors (Lipinski definition) is 3. The summed E-state index contributed by atoms with van der Waals surface area (Å²) in [7, 11) is 1.62. The van der Waals surface area contributed by atoms with Crippen molar-refractivity contribution in [2.75, 3.05) is 7.11 Å². The van der Waals surface area contributed by atoms with Crippen molar-refractivity contribution in [1.82, 2.24) is 0 Å². The van der Waals surface area contributed by atoms with Crippen molar-refractivity contribution in [2.45, 2.75) is 6.92 Å². The summed E-state index contributed by atoms with van der Waals surface area (Å²) in [6.45, 7) is 5.28. The second kappa shape index (κ2) is 4.92. The average Bonchev–Trinajstić information content (AvgIpc) is 2.41. The molecule has 0 aliphatic heterocycles. The Morgan fingerprint density at radius 1 is 1.28 bits per heavy atom. The van der Waals surface area contributed by atoms with Crippen molar-refractivity contribution in [3.8, 4) is 11.5 Å². The highest BCUT2D eigenvalue weighted by Gasteiger charge is 2.12. The first-order chi connectivity index (χ1) is 8.67. The van der Waals surface area contributed by atoms with Gasteiger partial charge >= 0.3 is 5.97 Å². The van der Waals surface area contributed by atoms with Crippen LogP contribution in [0.25, 0.3) is 10.8 Å². The maximum absolute atomic E-state index is 11.4. The topological polar surface area (TPSA) is 35.5 Å². The van der Waals surface area contributed by atoms with Crippen molar-refractivity contribution >= 4 is 16.7 Å². The quantitative estimate of drug-likeness (QED) is 0.471. The van der Waals surface area contributed by atoms with Crippen molar-refractivity contribution in [3.63, 3.8) is 0 Å². The molecule has 0 aromatic heterocycles. The monoisotopic (exact) mass is 242 g/mol. The Labute approximate surface area is 106 Å². The van der Waals surface area contributed by atoms with Gasteiger partial charge in [0.1, 0.15) is 11.5 Å². The van der Waals surface area contributed by atoms with E-state index in [0.29, 0.717) is 5.75 Å². The predicted octanol–water partition coefficient (Wildman–Crippen LogP) is 3.25. The highest BCUT2D eigenvalue weighted by molar-refractivity contribution is 5.97. The van der Waals surface area contributed by atoms with Gasteiger partial charge in [0, 0.05) is 16.8 Å². The molecule has 0 spiro atoms. The van der Waals surface area contributed by atoms with Gasteiger partial charge < -0.3 is 9.47 Å². The van der Waals surface area contributed by atoms with E-state index in [1.807, 2.05) is 37.3 Å². The highest BCUT2D eigenvalue weighted by Crippen LogP contribution is 2.36. The SMILES string of the molecule is C=CC(=O)Oc1c(C)cc(OC)c2ccccc12. The van der Waals surface area contributed by atoms with Crippen molar-refractivity contribution in [1.29, 1.82) is 0 Å². The fourth-order valence-electron chi connectivity index (χ4n) is 1.89. The molecule has 2 aromatic rings. The van der Waals surface area contributed by atoms with Crippen LogP contribution in [0.15, 0.2) is 43.0 Å². The lowest BCUT2D eigenvalue weighted by Crippen LogP contribution is -2.05. The maximum Gasteiger partial charge on any atom is 0.335 e. The van der Waals surface area contributed by atoms with E-state index >= 15 is 0 Å². The number of carbonyl (C=O) groups is 1. The van der Waals surface area contributed by atoms with Crippen molar-refractivity contribution in [2.24, 2.45) is 0 Å². The summed E-state index contributed by atoms with van der Waals surface area (Å²) in [6, 6.07) is 9.50. The number of esters is 1. The Morgan fingerprint density at radius 2 is 1.94 bits per heavy atom. The fraction of sp³-hybridized carbons (Fsp3) is 0.133. The van der Waals surface area contributed by atoms with E-state index in [9.17, 15) is 4.79 Å². The summed E-state index contributed by atoms with van der Waals surface area (Å²) in [6.07, 6.45) is 1.15. The number of methoxy groups -OCH3 is 1. The van der Waals surface area contributed by atoms with E-state index in [-0.39, 0.29) is 0 Å². The second-order valence-corrected chi connectivity index (χ2v) is 3.90. The van der Waals surface area contributed by atoms with Crippen LogP contribution >= 0.6 is 0 Å². The summed E-state index contributed by atoms with van der Waals surface area (Å²) in [5.41, 5.74) is 0.848. The van der Waals surface area contributed by atoms with Gasteiger partial charge in [0.2, 0.25) is 0 Å². The molecule has 0 radical (unpaired) electrons. The fourth-order valence-corrected chi connectivity index (χ4v) is 1.89. The zero-order valence-electron chi connectivity index (χ0n) is 10.4. The van der Waals surface area contributed by atoms with E-state index in [2.05, 4.69) is 6.58 Å². The third-order valence-corrected chi connectivity index (χ3v) is 2.73. The van der Waals surface area contributed by atoms with Crippen LogP contribution in [0.5, 0.6) is 11.5 Å². The number of hydrogen-bond donors (Lipinski definition) is 0. The average molecular weight is 242 g/mol. The number of ether oxygens (including phenoxy) is 2. The van der Waals surface area contributed by atoms with E-state index < -0.39 is 5.97 Å². The molecule has 0 bridgehead atoms.